The summed E-state index contributed by atoms with van der Waals surface area (Å²) >= 11 is 0. The number of hydrogen-bond acceptors (Lipinski definition) is 2. The van der Waals surface area contributed by atoms with E-state index in [1.807, 2.05) is 31.2 Å². The molecule has 3 N–H and O–H groups in total. The number of urea groups is 1. The molecule has 1 fully saturated rings. The van der Waals surface area contributed by atoms with E-state index in [0.717, 1.165) is 12.0 Å². The Morgan fingerprint density at radius 1 is 0.889 bits per heavy atom. The number of amides is 3. The first kappa shape index (κ1) is 17.1. The number of fused-ring (bicyclic) bond motifs is 1. The highest BCUT2D eigenvalue weighted by Crippen LogP contribution is 2.43. The Hall–Kier alpha value is -3.34. The standard InChI is InChI=1S/C22H21N3O2/c1-14-7-2-4-10-16(14)21(26)24-25-22(27)23-20-13-19(20)18-12-6-9-15-8-3-5-11-17(15)18/h2-12,19-20H,13H2,1H3,(H,24,26)(H2,23,25,27)/t19-,20+/m0/s1. The molecule has 2 atom stereocenters. The second-order valence-electron chi connectivity index (χ2n) is 6.88. The summed E-state index contributed by atoms with van der Waals surface area (Å²) in [4.78, 5) is 24.3. The molecular weight excluding hydrogens is 338 g/mol. The van der Waals surface area contributed by atoms with Crippen LogP contribution in [-0.4, -0.2) is 18.0 Å². The lowest BCUT2D eigenvalue weighted by Gasteiger charge is -2.11. The third-order valence-corrected chi connectivity index (χ3v) is 5.01. The van der Waals surface area contributed by atoms with Crippen LogP contribution in [-0.2, 0) is 0 Å². The Balaban J connectivity index is 1.34. The van der Waals surface area contributed by atoms with Crippen molar-refractivity contribution < 1.29 is 9.59 Å². The number of benzene rings is 3. The molecule has 4 rings (SSSR count). The SMILES string of the molecule is Cc1ccccc1C(=O)NNC(=O)N[C@@H]1C[C@H]1c1cccc2ccccc12. The molecule has 5 nitrogen and oxygen atoms in total. The topological polar surface area (TPSA) is 70.2 Å². The zero-order chi connectivity index (χ0) is 18.8. The maximum Gasteiger partial charge on any atom is 0.333 e. The first-order valence-corrected chi connectivity index (χ1v) is 9.03. The van der Waals surface area contributed by atoms with Gasteiger partial charge in [0.15, 0.2) is 0 Å². The zero-order valence-corrected chi connectivity index (χ0v) is 15.0. The fraction of sp³-hybridized carbons (Fsp3) is 0.182. The van der Waals surface area contributed by atoms with Gasteiger partial charge < -0.3 is 5.32 Å². The normalized spacial score (nSPS) is 18.0. The van der Waals surface area contributed by atoms with Crippen molar-refractivity contribution in [3.8, 4) is 0 Å². The third-order valence-electron chi connectivity index (χ3n) is 5.01. The molecule has 0 radical (unpaired) electrons. The monoisotopic (exact) mass is 359 g/mol. The molecule has 0 unspecified atom stereocenters. The maximum atomic E-state index is 12.2. The van der Waals surface area contributed by atoms with Gasteiger partial charge in [-0.3, -0.25) is 10.2 Å². The van der Waals surface area contributed by atoms with Crippen LogP contribution in [0, 0.1) is 6.92 Å². The Morgan fingerprint density at radius 2 is 1.63 bits per heavy atom. The highest BCUT2D eigenvalue weighted by Gasteiger charge is 2.40. The van der Waals surface area contributed by atoms with Gasteiger partial charge in [-0.2, -0.15) is 0 Å². The van der Waals surface area contributed by atoms with E-state index >= 15 is 0 Å². The summed E-state index contributed by atoms with van der Waals surface area (Å²) < 4.78 is 0. The average molecular weight is 359 g/mol. The number of hydrazine groups is 1. The summed E-state index contributed by atoms with van der Waals surface area (Å²) in [6.07, 6.45) is 0.896. The number of carbonyl (C=O) groups is 2. The molecule has 27 heavy (non-hydrogen) atoms. The summed E-state index contributed by atoms with van der Waals surface area (Å²) in [6, 6.07) is 21.4. The molecule has 0 aromatic heterocycles. The van der Waals surface area contributed by atoms with Crippen molar-refractivity contribution in [2.75, 3.05) is 0 Å². The predicted molar refractivity (Wildman–Crippen MR) is 105 cm³/mol. The van der Waals surface area contributed by atoms with Gasteiger partial charge in [-0.15, -0.1) is 0 Å². The molecule has 0 heterocycles. The first-order valence-electron chi connectivity index (χ1n) is 9.03. The Morgan fingerprint density at radius 3 is 2.48 bits per heavy atom. The largest absolute Gasteiger partial charge is 0.333 e. The van der Waals surface area contributed by atoms with Crippen LogP contribution in [0.5, 0.6) is 0 Å². The summed E-state index contributed by atoms with van der Waals surface area (Å²) in [5.74, 6) is -0.0291. The van der Waals surface area contributed by atoms with Crippen molar-refractivity contribution in [1.82, 2.24) is 16.2 Å². The van der Waals surface area contributed by atoms with Crippen molar-refractivity contribution in [1.29, 1.82) is 0 Å². The number of aryl methyl sites for hydroxylation is 1. The van der Waals surface area contributed by atoms with Crippen molar-refractivity contribution >= 4 is 22.7 Å². The molecule has 0 saturated heterocycles. The molecule has 3 amide bonds. The number of rotatable bonds is 3. The minimum absolute atomic E-state index is 0.0752. The highest BCUT2D eigenvalue weighted by molar-refractivity contribution is 5.96. The lowest BCUT2D eigenvalue weighted by molar-refractivity contribution is 0.0935. The lowest BCUT2D eigenvalue weighted by atomic mass is 10.0. The highest BCUT2D eigenvalue weighted by atomic mass is 16.2. The van der Waals surface area contributed by atoms with Crippen molar-refractivity contribution in [2.24, 2.45) is 0 Å². The van der Waals surface area contributed by atoms with Crippen LogP contribution >= 0.6 is 0 Å². The van der Waals surface area contributed by atoms with Crippen molar-refractivity contribution in [2.45, 2.75) is 25.3 Å². The van der Waals surface area contributed by atoms with E-state index in [4.69, 9.17) is 0 Å². The van der Waals surface area contributed by atoms with Gasteiger partial charge in [0.2, 0.25) is 0 Å². The zero-order valence-electron chi connectivity index (χ0n) is 15.0. The predicted octanol–water partition coefficient (Wildman–Crippen LogP) is 3.65. The Kier molecular flexibility index (Phi) is 4.50. The van der Waals surface area contributed by atoms with Crippen LogP contribution in [0.2, 0.25) is 0 Å². The number of hydrogen-bond donors (Lipinski definition) is 3. The van der Waals surface area contributed by atoms with Gasteiger partial charge in [0, 0.05) is 17.5 Å². The van der Waals surface area contributed by atoms with Crippen molar-refractivity contribution in [3.05, 3.63) is 83.4 Å². The van der Waals surface area contributed by atoms with Gasteiger partial charge >= 0.3 is 6.03 Å². The lowest BCUT2D eigenvalue weighted by Crippen LogP contribution is -2.47. The van der Waals surface area contributed by atoms with Crippen molar-refractivity contribution in [3.63, 3.8) is 0 Å². The summed E-state index contributed by atoms with van der Waals surface area (Å²) in [6.45, 7) is 1.86. The van der Waals surface area contributed by atoms with Crippen LogP contribution in [0.4, 0.5) is 4.79 Å². The van der Waals surface area contributed by atoms with Gasteiger partial charge in [0.25, 0.3) is 5.91 Å². The van der Waals surface area contributed by atoms with Crippen LogP contribution in [0.25, 0.3) is 10.8 Å². The van der Waals surface area contributed by atoms with E-state index in [2.05, 4.69) is 46.5 Å². The molecule has 0 spiro atoms. The minimum atomic E-state index is -0.398. The van der Waals surface area contributed by atoms with Gasteiger partial charge in [-0.05, 0) is 41.3 Å². The third kappa shape index (κ3) is 3.62. The smallest absolute Gasteiger partial charge is 0.333 e. The Labute approximate surface area is 157 Å². The molecule has 136 valence electrons. The molecule has 1 aliphatic rings. The molecule has 0 aliphatic heterocycles. The van der Waals surface area contributed by atoms with E-state index in [1.54, 1.807) is 12.1 Å². The average Bonchev–Trinajstić information content (AvgIpc) is 3.44. The fourth-order valence-corrected chi connectivity index (χ4v) is 3.49. The summed E-state index contributed by atoms with van der Waals surface area (Å²) in [5, 5.41) is 5.35. The Bertz CT molecular complexity index is 1010. The summed E-state index contributed by atoms with van der Waals surface area (Å²) in [5.41, 5.74) is 7.54. The molecule has 1 aliphatic carbocycles. The van der Waals surface area contributed by atoms with E-state index in [1.165, 1.54) is 16.3 Å². The molecule has 5 heteroatoms. The van der Waals surface area contributed by atoms with Crippen LogP contribution < -0.4 is 16.2 Å². The van der Waals surface area contributed by atoms with Crippen LogP contribution in [0.1, 0.15) is 33.8 Å². The van der Waals surface area contributed by atoms with Gasteiger partial charge in [0.05, 0.1) is 0 Å². The maximum absolute atomic E-state index is 12.2. The summed E-state index contributed by atoms with van der Waals surface area (Å²) in [7, 11) is 0. The van der Waals surface area contributed by atoms with Gasteiger partial charge in [-0.25, -0.2) is 10.2 Å². The number of nitrogens with one attached hydrogen (secondary N) is 3. The quantitative estimate of drug-likeness (QED) is 0.625. The van der Waals surface area contributed by atoms with Crippen LogP contribution in [0.3, 0.4) is 0 Å². The van der Waals surface area contributed by atoms with E-state index in [0.29, 0.717) is 11.5 Å². The first-order chi connectivity index (χ1) is 13.1. The minimum Gasteiger partial charge on any atom is -0.333 e. The van der Waals surface area contributed by atoms with E-state index in [9.17, 15) is 9.59 Å². The van der Waals surface area contributed by atoms with Gasteiger partial charge in [0.1, 0.15) is 0 Å². The number of carbonyl (C=O) groups excluding carboxylic acids is 2. The molecule has 3 aromatic carbocycles. The second kappa shape index (κ2) is 7.11. The second-order valence-corrected chi connectivity index (χ2v) is 6.88. The molecule has 3 aromatic rings. The molecule has 1 saturated carbocycles. The van der Waals surface area contributed by atoms with Crippen LogP contribution in [0.15, 0.2) is 66.7 Å². The fourth-order valence-electron chi connectivity index (χ4n) is 3.49. The molecule has 0 bridgehead atoms. The van der Waals surface area contributed by atoms with E-state index in [-0.39, 0.29) is 11.9 Å². The molecular formula is C22H21N3O2. The van der Waals surface area contributed by atoms with E-state index < -0.39 is 6.03 Å². The van der Waals surface area contributed by atoms with Gasteiger partial charge in [-0.1, -0.05) is 60.7 Å².